The van der Waals surface area contributed by atoms with Gasteiger partial charge in [0, 0.05) is 19.1 Å². The SMILES string of the molecule is NC1CCN(C(=O)C2CCC(C(F)(F)F)NC2=O)C1. The molecule has 19 heavy (non-hydrogen) atoms. The van der Waals surface area contributed by atoms with Crippen molar-refractivity contribution in [2.24, 2.45) is 11.7 Å². The second-order valence-electron chi connectivity index (χ2n) is 5.07. The second-order valence-corrected chi connectivity index (χ2v) is 5.07. The van der Waals surface area contributed by atoms with Crippen LogP contribution in [0.25, 0.3) is 0 Å². The number of carbonyl (C=O) groups is 2. The van der Waals surface area contributed by atoms with E-state index in [-0.39, 0.29) is 18.9 Å². The monoisotopic (exact) mass is 279 g/mol. The predicted molar refractivity (Wildman–Crippen MR) is 59.9 cm³/mol. The number of nitrogens with zero attached hydrogens (tertiary/aromatic N) is 1. The molecule has 3 unspecified atom stereocenters. The van der Waals surface area contributed by atoms with Crippen LogP contribution in [0.4, 0.5) is 13.2 Å². The fraction of sp³-hybridized carbons (Fsp3) is 0.818. The summed E-state index contributed by atoms with van der Waals surface area (Å²) < 4.78 is 37.4. The van der Waals surface area contributed by atoms with E-state index in [0.717, 1.165) is 0 Å². The second kappa shape index (κ2) is 4.99. The molecule has 0 aromatic carbocycles. The number of likely N-dealkylation sites (tertiary alicyclic amines) is 1. The van der Waals surface area contributed by atoms with Gasteiger partial charge in [0.25, 0.3) is 0 Å². The number of nitrogens with two attached hydrogens (primary N) is 1. The predicted octanol–water partition coefficient (Wildman–Crippen LogP) is 0.00310. The minimum Gasteiger partial charge on any atom is -0.344 e. The fourth-order valence-corrected chi connectivity index (χ4v) is 2.50. The number of nitrogens with one attached hydrogen (secondary N) is 1. The lowest BCUT2D eigenvalue weighted by Crippen LogP contribution is -2.54. The maximum Gasteiger partial charge on any atom is 0.408 e. The summed E-state index contributed by atoms with van der Waals surface area (Å²) in [5, 5.41) is 1.88. The van der Waals surface area contributed by atoms with E-state index < -0.39 is 30.0 Å². The summed E-state index contributed by atoms with van der Waals surface area (Å²) >= 11 is 0. The summed E-state index contributed by atoms with van der Waals surface area (Å²) in [5.74, 6) is -2.26. The molecule has 0 aliphatic carbocycles. The molecule has 2 saturated heterocycles. The maximum atomic E-state index is 12.5. The minimum absolute atomic E-state index is 0.0689. The van der Waals surface area contributed by atoms with E-state index in [1.165, 1.54) is 4.90 Å². The zero-order valence-corrected chi connectivity index (χ0v) is 10.2. The van der Waals surface area contributed by atoms with Gasteiger partial charge in [-0.05, 0) is 19.3 Å². The third-order valence-corrected chi connectivity index (χ3v) is 3.61. The highest BCUT2D eigenvalue weighted by Gasteiger charge is 2.46. The molecule has 2 aliphatic heterocycles. The van der Waals surface area contributed by atoms with Crippen molar-refractivity contribution in [3.05, 3.63) is 0 Å². The third-order valence-electron chi connectivity index (χ3n) is 3.61. The van der Waals surface area contributed by atoms with Crippen molar-refractivity contribution in [2.45, 2.75) is 37.5 Å². The summed E-state index contributed by atoms with van der Waals surface area (Å²) in [6.45, 7) is 0.831. The van der Waals surface area contributed by atoms with Crippen LogP contribution < -0.4 is 11.1 Å². The molecule has 3 N–H and O–H groups in total. The van der Waals surface area contributed by atoms with Gasteiger partial charge in [-0.25, -0.2) is 0 Å². The Balaban J connectivity index is 1.96. The standard InChI is InChI=1S/C11H16F3N3O2/c12-11(13,14)8-2-1-7(9(18)16-8)10(19)17-4-3-6(15)5-17/h6-8H,1-5,15H2,(H,16,18). The highest BCUT2D eigenvalue weighted by atomic mass is 19.4. The lowest BCUT2D eigenvalue weighted by molar-refractivity contribution is -0.172. The molecule has 2 heterocycles. The molecule has 0 radical (unpaired) electrons. The van der Waals surface area contributed by atoms with Crippen LogP contribution in [-0.4, -0.2) is 48.1 Å². The first-order valence-corrected chi connectivity index (χ1v) is 6.20. The zero-order chi connectivity index (χ0) is 14.2. The third kappa shape index (κ3) is 2.99. The Bertz CT molecular complexity index is 386. The molecule has 8 heteroatoms. The molecule has 3 atom stereocenters. The van der Waals surface area contributed by atoms with Crippen molar-refractivity contribution in [3.8, 4) is 0 Å². The number of halogens is 3. The lowest BCUT2D eigenvalue weighted by Gasteiger charge is -2.31. The Morgan fingerprint density at radius 1 is 1.32 bits per heavy atom. The molecule has 5 nitrogen and oxygen atoms in total. The van der Waals surface area contributed by atoms with Gasteiger partial charge in [0.1, 0.15) is 12.0 Å². The molecule has 2 amide bonds. The Labute approximate surface area is 108 Å². The van der Waals surface area contributed by atoms with Gasteiger partial charge in [-0.1, -0.05) is 0 Å². The molecule has 108 valence electrons. The maximum absolute atomic E-state index is 12.5. The number of rotatable bonds is 1. The van der Waals surface area contributed by atoms with Crippen LogP contribution >= 0.6 is 0 Å². The number of carbonyl (C=O) groups excluding carboxylic acids is 2. The lowest BCUT2D eigenvalue weighted by atomic mass is 9.92. The molecule has 2 fully saturated rings. The Morgan fingerprint density at radius 2 is 2.00 bits per heavy atom. The normalized spacial score (nSPS) is 32.3. The first-order chi connectivity index (χ1) is 8.79. The molecular formula is C11H16F3N3O2. The summed E-state index contributed by atoms with van der Waals surface area (Å²) in [6.07, 6.45) is -4.13. The Kier molecular flexibility index (Phi) is 3.71. The minimum atomic E-state index is -4.46. The quantitative estimate of drug-likeness (QED) is 0.664. The molecular weight excluding hydrogens is 263 g/mol. The average Bonchev–Trinajstić information content (AvgIpc) is 2.73. The number of alkyl halides is 3. The Morgan fingerprint density at radius 3 is 2.47 bits per heavy atom. The van der Waals surface area contributed by atoms with Gasteiger partial charge in [0.05, 0.1) is 0 Å². The molecule has 0 aromatic rings. The van der Waals surface area contributed by atoms with Gasteiger partial charge >= 0.3 is 6.18 Å². The number of amides is 2. The molecule has 0 saturated carbocycles. The van der Waals surface area contributed by atoms with Crippen molar-refractivity contribution >= 4 is 11.8 Å². The summed E-state index contributed by atoms with van der Waals surface area (Å²) in [6, 6.07) is -1.96. The molecule has 2 rings (SSSR count). The van der Waals surface area contributed by atoms with Gasteiger partial charge < -0.3 is 16.0 Å². The van der Waals surface area contributed by atoms with Crippen molar-refractivity contribution in [1.29, 1.82) is 0 Å². The number of piperidine rings is 1. The van der Waals surface area contributed by atoms with Crippen LogP contribution in [0, 0.1) is 5.92 Å². The zero-order valence-electron chi connectivity index (χ0n) is 10.2. The van der Waals surface area contributed by atoms with Crippen LogP contribution in [0.15, 0.2) is 0 Å². The largest absolute Gasteiger partial charge is 0.408 e. The highest BCUT2D eigenvalue weighted by Crippen LogP contribution is 2.29. The van der Waals surface area contributed by atoms with Crippen LogP contribution in [0.1, 0.15) is 19.3 Å². The average molecular weight is 279 g/mol. The molecule has 0 aromatic heterocycles. The van der Waals surface area contributed by atoms with Crippen LogP contribution in [-0.2, 0) is 9.59 Å². The van der Waals surface area contributed by atoms with Crippen LogP contribution in [0.5, 0.6) is 0 Å². The topological polar surface area (TPSA) is 75.4 Å². The first kappa shape index (κ1) is 14.1. The fourth-order valence-electron chi connectivity index (χ4n) is 2.50. The number of hydrogen-bond donors (Lipinski definition) is 2. The van der Waals surface area contributed by atoms with Gasteiger partial charge in [-0.2, -0.15) is 13.2 Å². The van der Waals surface area contributed by atoms with Gasteiger partial charge in [-0.15, -0.1) is 0 Å². The van der Waals surface area contributed by atoms with Gasteiger partial charge in [0.15, 0.2) is 0 Å². The van der Waals surface area contributed by atoms with E-state index in [4.69, 9.17) is 5.73 Å². The van der Waals surface area contributed by atoms with Crippen molar-refractivity contribution in [2.75, 3.05) is 13.1 Å². The first-order valence-electron chi connectivity index (χ1n) is 6.20. The molecule has 0 bridgehead atoms. The van der Waals surface area contributed by atoms with E-state index in [1.54, 1.807) is 0 Å². The van der Waals surface area contributed by atoms with Crippen LogP contribution in [0.2, 0.25) is 0 Å². The van der Waals surface area contributed by atoms with E-state index in [0.29, 0.717) is 19.5 Å². The smallest absolute Gasteiger partial charge is 0.344 e. The van der Waals surface area contributed by atoms with Gasteiger partial charge in [-0.3, -0.25) is 9.59 Å². The van der Waals surface area contributed by atoms with Crippen molar-refractivity contribution in [3.63, 3.8) is 0 Å². The van der Waals surface area contributed by atoms with E-state index in [9.17, 15) is 22.8 Å². The number of hydrogen-bond acceptors (Lipinski definition) is 3. The Hall–Kier alpha value is -1.31. The highest BCUT2D eigenvalue weighted by molar-refractivity contribution is 6.01. The van der Waals surface area contributed by atoms with E-state index in [2.05, 4.69) is 0 Å². The molecule has 2 aliphatic rings. The van der Waals surface area contributed by atoms with Crippen molar-refractivity contribution in [1.82, 2.24) is 10.2 Å². The van der Waals surface area contributed by atoms with E-state index in [1.807, 2.05) is 5.32 Å². The van der Waals surface area contributed by atoms with Gasteiger partial charge in [0.2, 0.25) is 11.8 Å². The van der Waals surface area contributed by atoms with Crippen molar-refractivity contribution < 1.29 is 22.8 Å². The summed E-state index contributed by atoms with van der Waals surface area (Å²) in [7, 11) is 0. The summed E-state index contributed by atoms with van der Waals surface area (Å²) in [5.41, 5.74) is 5.66. The summed E-state index contributed by atoms with van der Waals surface area (Å²) in [4.78, 5) is 25.1. The van der Waals surface area contributed by atoms with E-state index >= 15 is 0 Å². The molecule has 0 spiro atoms. The van der Waals surface area contributed by atoms with Crippen LogP contribution in [0.3, 0.4) is 0 Å².